The third-order valence-electron chi connectivity index (χ3n) is 5.67. The van der Waals surface area contributed by atoms with E-state index in [0.717, 1.165) is 17.7 Å². The summed E-state index contributed by atoms with van der Waals surface area (Å²) in [4.78, 5) is 26.7. The fourth-order valence-corrected chi connectivity index (χ4v) is 4.72. The lowest BCUT2D eigenvalue weighted by Crippen LogP contribution is -2.61. The van der Waals surface area contributed by atoms with Crippen LogP contribution in [0.2, 0.25) is 0 Å². The molecule has 4 rings (SSSR count). The average molecular weight is 412 g/mol. The van der Waals surface area contributed by atoms with Gasteiger partial charge in [-0.3, -0.25) is 4.79 Å². The second-order valence-corrected chi connectivity index (χ2v) is 8.37. The Morgan fingerprint density at radius 2 is 2.03 bits per heavy atom. The van der Waals surface area contributed by atoms with Crippen molar-refractivity contribution in [1.29, 1.82) is 0 Å². The number of amides is 1. The number of carboxylic acids is 1. The van der Waals surface area contributed by atoms with Crippen molar-refractivity contribution in [3.8, 4) is 0 Å². The Bertz CT molecular complexity index is 1000. The molecule has 2 aromatic rings. The minimum atomic E-state index is -1.10. The quantitative estimate of drug-likeness (QED) is 0.433. The number of carbonyl (C=O) groups excluding carboxylic acids is 1. The van der Waals surface area contributed by atoms with Crippen molar-refractivity contribution in [2.45, 2.75) is 36.9 Å². The lowest BCUT2D eigenvalue weighted by atomic mass is 9.82. The molecule has 1 saturated heterocycles. The van der Waals surface area contributed by atoms with Gasteiger partial charge in [-0.15, -0.1) is 11.8 Å². The monoisotopic (exact) mass is 411 g/mol. The van der Waals surface area contributed by atoms with E-state index in [2.05, 4.69) is 16.8 Å². The number of benzene rings is 1. The Balaban J connectivity index is 1.58. The van der Waals surface area contributed by atoms with Gasteiger partial charge in [0.25, 0.3) is 0 Å². The van der Waals surface area contributed by atoms with E-state index in [4.69, 9.17) is 0 Å². The molecule has 3 atom stereocenters. The van der Waals surface area contributed by atoms with Crippen LogP contribution in [0.25, 0.3) is 5.57 Å². The maximum atomic E-state index is 12.3. The van der Waals surface area contributed by atoms with Gasteiger partial charge in [0.2, 0.25) is 5.91 Å². The molecule has 3 heterocycles. The molecule has 2 N–H and O–H groups in total. The van der Waals surface area contributed by atoms with Crippen LogP contribution in [0.1, 0.15) is 24.5 Å². The molecule has 0 saturated carbocycles. The second kappa shape index (κ2) is 7.65. The molecule has 1 aromatic carbocycles. The van der Waals surface area contributed by atoms with Crippen LogP contribution < -0.4 is 4.57 Å². The van der Waals surface area contributed by atoms with Gasteiger partial charge in [0.1, 0.15) is 5.70 Å². The highest BCUT2D eigenvalue weighted by atomic mass is 32.2. The number of nitrogens with zero attached hydrogens (tertiary/aromatic N) is 2. The molecule has 1 aromatic heterocycles. The number of aromatic nitrogens is 1. The molecule has 7 heteroatoms. The standard InChI is InChI=1S/C22H22N2O4S/c1-13(25)19-18-10-17(20(22(27)28)24(18)21(19)26)15-7-5-14(6-8-15)11-23-9-3-4-16(12-23)29-2/h3-9,12-13,18-19,25H,10-11H2,1-2H3/p+1/t13-,18-,19-/m1/s1. The van der Waals surface area contributed by atoms with Crippen LogP contribution in [-0.4, -0.2) is 45.4 Å². The zero-order valence-electron chi connectivity index (χ0n) is 16.3. The van der Waals surface area contributed by atoms with Crippen molar-refractivity contribution in [3.63, 3.8) is 0 Å². The van der Waals surface area contributed by atoms with Crippen molar-refractivity contribution in [2.24, 2.45) is 5.92 Å². The van der Waals surface area contributed by atoms with Crippen LogP contribution in [0.3, 0.4) is 0 Å². The summed E-state index contributed by atoms with van der Waals surface area (Å²) < 4.78 is 2.11. The molecule has 0 spiro atoms. The minimum absolute atomic E-state index is 0.0479. The summed E-state index contributed by atoms with van der Waals surface area (Å²) in [6.45, 7) is 2.30. The first-order chi connectivity index (χ1) is 13.9. The highest BCUT2D eigenvalue weighted by Crippen LogP contribution is 2.46. The first kappa shape index (κ1) is 19.7. The van der Waals surface area contributed by atoms with Gasteiger partial charge in [-0.25, -0.2) is 4.79 Å². The third kappa shape index (κ3) is 3.45. The van der Waals surface area contributed by atoms with Crippen molar-refractivity contribution in [1.82, 2.24) is 4.90 Å². The number of pyridine rings is 1. The van der Waals surface area contributed by atoms with Crippen LogP contribution in [0.4, 0.5) is 0 Å². The van der Waals surface area contributed by atoms with Crippen LogP contribution in [-0.2, 0) is 16.1 Å². The van der Waals surface area contributed by atoms with Gasteiger partial charge < -0.3 is 15.1 Å². The van der Waals surface area contributed by atoms with Gasteiger partial charge in [-0.05, 0) is 36.8 Å². The lowest BCUT2D eigenvalue weighted by Gasteiger charge is -2.44. The number of rotatable bonds is 6. The van der Waals surface area contributed by atoms with Gasteiger partial charge in [0.05, 0.1) is 23.0 Å². The highest BCUT2D eigenvalue weighted by Gasteiger charge is 2.56. The van der Waals surface area contributed by atoms with Crippen LogP contribution in [0.5, 0.6) is 0 Å². The summed E-state index contributed by atoms with van der Waals surface area (Å²) in [5.74, 6) is -1.94. The Hall–Kier alpha value is -2.64. The predicted octanol–water partition coefficient (Wildman–Crippen LogP) is 2.15. The number of carbonyl (C=O) groups is 2. The number of aliphatic hydroxyl groups is 1. The molecule has 6 nitrogen and oxygen atoms in total. The molecular formula is C22H23N2O4S+. The van der Waals surface area contributed by atoms with Crippen molar-refractivity contribution in [3.05, 3.63) is 65.6 Å². The van der Waals surface area contributed by atoms with E-state index >= 15 is 0 Å². The van der Waals surface area contributed by atoms with E-state index in [0.29, 0.717) is 12.0 Å². The molecule has 0 radical (unpaired) electrons. The van der Waals surface area contributed by atoms with Crippen molar-refractivity contribution >= 4 is 29.2 Å². The van der Waals surface area contributed by atoms with E-state index < -0.39 is 18.0 Å². The fourth-order valence-electron chi connectivity index (χ4n) is 4.27. The highest BCUT2D eigenvalue weighted by molar-refractivity contribution is 7.98. The summed E-state index contributed by atoms with van der Waals surface area (Å²) in [7, 11) is 0. The third-order valence-corrected chi connectivity index (χ3v) is 6.38. The number of carboxylic acid groups (broad SMARTS) is 1. The summed E-state index contributed by atoms with van der Waals surface area (Å²) >= 11 is 1.69. The largest absolute Gasteiger partial charge is 0.477 e. The number of β-lactam (4-membered cyclic amide) rings is 1. The molecule has 2 aliphatic rings. The van der Waals surface area contributed by atoms with E-state index in [1.807, 2.05) is 42.8 Å². The summed E-state index contributed by atoms with van der Waals surface area (Å²) in [5.41, 5.74) is 2.61. The van der Waals surface area contributed by atoms with Gasteiger partial charge in [-0.2, -0.15) is 4.57 Å². The molecule has 0 bridgehead atoms. The van der Waals surface area contributed by atoms with Crippen LogP contribution in [0, 0.1) is 5.92 Å². The van der Waals surface area contributed by atoms with E-state index in [9.17, 15) is 19.8 Å². The Morgan fingerprint density at radius 3 is 2.66 bits per heavy atom. The van der Waals surface area contributed by atoms with Gasteiger partial charge in [0.15, 0.2) is 18.9 Å². The molecule has 29 heavy (non-hydrogen) atoms. The number of aliphatic carboxylic acids is 1. The SMILES string of the molecule is CSc1ccc[n+](Cc2ccc(C3=C(C(=O)O)N4C(=O)[C@H]([C@@H](C)O)[C@H]4C3)cc2)c1. The van der Waals surface area contributed by atoms with Gasteiger partial charge in [-0.1, -0.05) is 24.3 Å². The summed E-state index contributed by atoms with van der Waals surface area (Å²) in [6.07, 6.45) is 5.82. The molecule has 2 aliphatic heterocycles. The second-order valence-electron chi connectivity index (χ2n) is 7.49. The number of thioether (sulfide) groups is 1. The first-order valence-electron chi connectivity index (χ1n) is 9.50. The smallest absolute Gasteiger partial charge is 0.352 e. The van der Waals surface area contributed by atoms with Gasteiger partial charge in [0, 0.05) is 11.6 Å². The zero-order chi connectivity index (χ0) is 20.7. The number of hydrogen-bond donors (Lipinski definition) is 2. The number of hydrogen-bond acceptors (Lipinski definition) is 4. The zero-order valence-corrected chi connectivity index (χ0v) is 17.1. The number of aliphatic hydroxyl groups excluding tert-OH is 1. The molecule has 150 valence electrons. The molecule has 1 fully saturated rings. The van der Waals surface area contributed by atoms with Gasteiger partial charge >= 0.3 is 5.97 Å². The maximum absolute atomic E-state index is 12.3. The average Bonchev–Trinajstić information content (AvgIpc) is 3.03. The normalized spacial score (nSPS) is 21.8. The molecule has 0 aliphatic carbocycles. The molecular weight excluding hydrogens is 388 g/mol. The Morgan fingerprint density at radius 1 is 1.31 bits per heavy atom. The first-order valence-corrected chi connectivity index (χ1v) is 10.7. The van der Waals surface area contributed by atoms with Crippen molar-refractivity contribution in [2.75, 3.05) is 6.26 Å². The van der Waals surface area contributed by atoms with Crippen molar-refractivity contribution < 1.29 is 24.4 Å². The van der Waals surface area contributed by atoms with E-state index in [-0.39, 0.29) is 17.6 Å². The Labute approximate surface area is 173 Å². The topological polar surface area (TPSA) is 81.7 Å². The summed E-state index contributed by atoms with van der Waals surface area (Å²) in [6, 6.07) is 11.6. The Kier molecular flexibility index (Phi) is 5.19. The lowest BCUT2D eigenvalue weighted by molar-refractivity contribution is -0.690. The predicted molar refractivity (Wildman–Crippen MR) is 109 cm³/mol. The maximum Gasteiger partial charge on any atom is 0.352 e. The number of fused-ring (bicyclic) bond motifs is 1. The molecule has 0 unspecified atom stereocenters. The van der Waals surface area contributed by atoms with E-state index in [1.165, 1.54) is 9.80 Å². The molecule has 1 amide bonds. The minimum Gasteiger partial charge on any atom is -0.477 e. The van der Waals surface area contributed by atoms with Crippen LogP contribution in [0.15, 0.2) is 59.4 Å². The van der Waals surface area contributed by atoms with Crippen LogP contribution >= 0.6 is 11.8 Å². The summed E-state index contributed by atoms with van der Waals surface area (Å²) in [5, 5.41) is 19.6. The van der Waals surface area contributed by atoms with E-state index in [1.54, 1.807) is 18.7 Å². The fraction of sp³-hybridized carbons (Fsp3) is 0.318.